The molecule has 3 aromatic carbocycles. The van der Waals surface area contributed by atoms with E-state index in [4.69, 9.17) is 0 Å². The van der Waals surface area contributed by atoms with Gasteiger partial charge in [-0.15, -0.1) is 0 Å². The lowest BCUT2D eigenvalue weighted by Crippen LogP contribution is -2.37. The van der Waals surface area contributed by atoms with Crippen molar-refractivity contribution in [2.45, 2.75) is 0 Å². The zero-order valence-electron chi connectivity index (χ0n) is 14.9. The molecule has 1 heterocycles. The Labute approximate surface area is 161 Å². The maximum Gasteiger partial charge on any atom is 0.262 e. The van der Waals surface area contributed by atoms with Crippen molar-refractivity contribution in [1.82, 2.24) is 4.90 Å². The van der Waals surface area contributed by atoms with Gasteiger partial charge in [0, 0.05) is 5.69 Å². The summed E-state index contributed by atoms with van der Waals surface area (Å²) in [7, 11) is 0. The highest BCUT2D eigenvalue weighted by molar-refractivity contribution is 6.22. The van der Waals surface area contributed by atoms with Crippen molar-refractivity contribution in [3.05, 3.63) is 90.0 Å². The number of para-hydroxylation sites is 3. The molecule has 0 bridgehead atoms. The zero-order chi connectivity index (χ0) is 19.5. The van der Waals surface area contributed by atoms with Crippen molar-refractivity contribution in [2.75, 3.05) is 17.2 Å². The molecule has 138 valence electrons. The Balaban J connectivity index is 1.48. The van der Waals surface area contributed by atoms with Gasteiger partial charge in [0.05, 0.1) is 22.5 Å². The van der Waals surface area contributed by atoms with E-state index >= 15 is 0 Å². The smallest absolute Gasteiger partial charge is 0.262 e. The summed E-state index contributed by atoms with van der Waals surface area (Å²) in [5.74, 6) is -1.35. The molecule has 6 heteroatoms. The molecule has 0 radical (unpaired) electrons. The van der Waals surface area contributed by atoms with E-state index in [2.05, 4.69) is 10.6 Å². The number of nitrogens with zero attached hydrogens (tertiary/aromatic N) is 1. The third-order valence-electron chi connectivity index (χ3n) is 4.43. The van der Waals surface area contributed by atoms with E-state index in [1.165, 1.54) is 0 Å². The van der Waals surface area contributed by atoms with Gasteiger partial charge >= 0.3 is 0 Å². The number of benzene rings is 3. The fourth-order valence-electron chi connectivity index (χ4n) is 3.09. The van der Waals surface area contributed by atoms with Crippen LogP contribution in [0.15, 0.2) is 78.9 Å². The molecule has 3 aromatic rings. The summed E-state index contributed by atoms with van der Waals surface area (Å²) in [5, 5.41) is 6.02. The normalized spacial score (nSPS) is 12.6. The largest absolute Gasteiger partial charge is 0.354 e. The Morgan fingerprint density at radius 1 is 0.714 bits per heavy atom. The summed E-state index contributed by atoms with van der Waals surface area (Å²) in [5.41, 5.74) is 2.81. The molecule has 0 saturated heterocycles. The molecule has 0 aromatic heterocycles. The van der Waals surface area contributed by atoms with Gasteiger partial charge in [0.25, 0.3) is 11.8 Å². The lowest BCUT2D eigenvalue weighted by Gasteiger charge is -2.16. The highest BCUT2D eigenvalue weighted by Crippen LogP contribution is 2.26. The molecule has 6 nitrogen and oxygen atoms in total. The first-order chi connectivity index (χ1) is 13.6. The molecule has 0 atom stereocenters. The third-order valence-corrected chi connectivity index (χ3v) is 4.43. The molecule has 2 N–H and O–H groups in total. The van der Waals surface area contributed by atoms with E-state index in [1.54, 1.807) is 36.4 Å². The van der Waals surface area contributed by atoms with Crippen LogP contribution < -0.4 is 10.6 Å². The molecular weight excluding hydrogens is 354 g/mol. The average molecular weight is 371 g/mol. The number of hydrogen-bond acceptors (Lipinski definition) is 4. The van der Waals surface area contributed by atoms with Crippen molar-refractivity contribution in [3.63, 3.8) is 0 Å². The molecule has 0 spiro atoms. The first kappa shape index (κ1) is 17.5. The van der Waals surface area contributed by atoms with Crippen molar-refractivity contribution >= 4 is 34.8 Å². The van der Waals surface area contributed by atoms with Gasteiger partial charge in [0.15, 0.2) is 0 Å². The van der Waals surface area contributed by atoms with Gasteiger partial charge in [-0.25, -0.2) is 0 Å². The first-order valence-corrected chi connectivity index (χ1v) is 8.79. The van der Waals surface area contributed by atoms with Crippen LogP contribution in [0.2, 0.25) is 0 Å². The molecule has 0 saturated carbocycles. The topological polar surface area (TPSA) is 78.5 Å². The number of hydrogen-bond donors (Lipinski definition) is 2. The molecular formula is C22H17N3O3. The number of imide groups is 1. The minimum Gasteiger partial charge on any atom is -0.354 e. The van der Waals surface area contributed by atoms with Gasteiger partial charge < -0.3 is 10.6 Å². The zero-order valence-corrected chi connectivity index (χ0v) is 14.9. The number of fused-ring (bicyclic) bond motifs is 1. The second kappa shape index (κ2) is 7.36. The van der Waals surface area contributed by atoms with Crippen LogP contribution in [0.1, 0.15) is 20.7 Å². The Kier molecular flexibility index (Phi) is 4.60. The van der Waals surface area contributed by atoms with Crippen LogP contribution in [0.3, 0.4) is 0 Å². The van der Waals surface area contributed by atoms with Crippen molar-refractivity contribution in [1.29, 1.82) is 0 Å². The number of carbonyl (C=O) groups is 3. The predicted octanol–water partition coefficient (Wildman–Crippen LogP) is 3.66. The first-order valence-electron chi connectivity index (χ1n) is 8.79. The van der Waals surface area contributed by atoms with Gasteiger partial charge in [0.1, 0.15) is 6.54 Å². The number of carbonyl (C=O) groups excluding carboxylic acids is 3. The van der Waals surface area contributed by atoms with Gasteiger partial charge in [-0.05, 0) is 36.4 Å². The minimum atomic E-state index is -0.452. The second-order valence-electron chi connectivity index (χ2n) is 6.33. The SMILES string of the molecule is O=C(CN1C(=O)c2ccccc2C1=O)Nc1ccccc1Nc1ccccc1. The monoisotopic (exact) mass is 371 g/mol. The van der Waals surface area contributed by atoms with Crippen molar-refractivity contribution < 1.29 is 14.4 Å². The highest BCUT2D eigenvalue weighted by Gasteiger charge is 2.36. The van der Waals surface area contributed by atoms with Crippen LogP contribution >= 0.6 is 0 Å². The van der Waals surface area contributed by atoms with Crippen LogP contribution in [0.4, 0.5) is 17.1 Å². The Morgan fingerprint density at radius 3 is 1.89 bits per heavy atom. The van der Waals surface area contributed by atoms with Crippen LogP contribution in [0.5, 0.6) is 0 Å². The lowest BCUT2D eigenvalue weighted by atomic mass is 10.1. The molecule has 28 heavy (non-hydrogen) atoms. The molecule has 0 unspecified atom stereocenters. The maximum atomic E-state index is 12.5. The third kappa shape index (κ3) is 3.35. The van der Waals surface area contributed by atoms with E-state index in [1.807, 2.05) is 42.5 Å². The van der Waals surface area contributed by atoms with Crippen LogP contribution in [0.25, 0.3) is 0 Å². The summed E-state index contributed by atoms with van der Waals surface area (Å²) in [6.07, 6.45) is 0. The molecule has 0 aliphatic carbocycles. The van der Waals surface area contributed by atoms with E-state index in [0.717, 1.165) is 10.6 Å². The van der Waals surface area contributed by atoms with Gasteiger partial charge in [-0.1, -0.05) is 42.5 Å². The predicted molar refractivity (Wildman–Crippen MR) is 107 cm³/mol. The summed E-state index contributed by atoms with van der Waals surface area (Å²) in [6.45, 7) is -0.341. The minimum absolute atomic E-state index is 0.325. The number of nitrogens with one attached hydrogen (secondary N) is 2. The van der Waals surface area contributed by atoms with E-state index < -0.39 is 17.7 Å². The van der Waals surface area contributed by atoms with Gasteiger partial charge in [-0.2, -0.15) is 0 Å². The summed E-state index contributed by atoms with van der Waals surface area (Å²) >= 11 is 0. The fraction of sp³-hybridized carbons (Fsp3) is 0.0455. The average Bonchev–Trinajstić information content (AvgIpc) is 2.95. The molecule has 3 amide bonds. The lowest BCUT2D eigenvalue weighted by molar-refractivity contribution is -0.116. The molecule has 4 rings (SSSR count). The summed E-state index contributed by atoms with van der Waals surface area (Å²) in [6, 6.07) is 23.4. The highest BCUT2D eigenvalue weighted by atomic mass is 16.2. The van der Waals surface area contributed by atoms with Crippen LogP contribution in [0, 0.1) is 0 Å². The molecule has 0 fully saturated rings. The van der Waals surface area contributed by atoms with E-state index in [0.29, 0.717) is 22.5 Å². The van der Waals surface area contributed by atoms with E-state index in [9.17, 15) is 14.4 Å². The maximum absolute atomic E-state index is 12.5. The fourth-order valence-corrected chi connectivity index (χ4v) is 3.09. The number of anilines is 3. The summed E-state index contributed by atoms with van der Waals surface area (Å²) in [4.78, 5) is 38.3. The number of amides is 3. The Bertz CT molecular complexity index is 1030. The second-order valence-corrected chi connectivity index (χ2v) is 6.33. The van der Waals surface area contributed by atoms with Crippen molar-refractivity contribution in [3.8, 4) is 0 Å². The van der Waals surface area contributed by atoms with Crippen molar-refractivity contribution in [2.24, 2.45) is 0 Å². The van der Waals surface area contributed by atoms with E-state index in [-0.39, 0.29) is 6.54 Å². The number of rotatable bonds is 5. The van der Waals surface area contributed by atoms with Gasteiger partial charge in [-0.3, -0.25) is 19.3 Å². The van der Waals surface area contributed by atoms with Crippen LogP contribution in [-0.2, 0) is 4.79 Å². The summed E-state index contributed by atoms with van der Waals surface area (Å²) < 4.78 is 0. The van der Waals surface area contributed by atoms with Gasteiger partial charge in [0.2, 0.25) is 5.91 Å². The molecule has 1 aliphatic heterocycles. The Morgan fingerprint density at radius 2 is 1.25 bits per heavy atom. The van der Waals surface area contributed by atoms with Crippen LogP contribution in [-0.4, -0.2) is 29.2 Å². The molecule has 1 aliphatic rings. The quantitative estimate of drug-likeness (QED) is 0.671. The standard InChI is InChI=1S/C22H17N3O3/c26-20(14-25-21(27)16-10-4-5-11-17(16)22(25)28)24-19-13-7-6-12-18(19)23-15-8-2-1-3-9-15/h1-13,23H,14H2,(H,24,26). The Hall–Kier alpha value is -3.93.